The number of aliphatic hydroxyl groups excluding tert-OH is 1. The van der Waals surface area contributed by atoms with Crippen LogP contribution in [0.3, 0.4) is 0 Å². The second kappa shape index (κ2) is 18.0. The number of ether oxygens (including phenoxy) is 5. The van der Waals surface area contributed by atoms with E-state index in [2.05, 4.69) is 0 Å². The standard InChI is InChI=1S/C50H62FN3O14/c1-27-23-52(18-19-53(27)46(62)68-47(2,3)4)42-35(51)21-32-41(44(42)64-7)54(29-9-10-29)24-33(43(32)60)45(61)67-26-66-39(59)13-12-38(58)65-25-37(57)50(63)17-15-34-31-11-8-28-20-30(55)14-16-48(28,5)40(31)36(56)22-49(34,50)6/h14,16,20-21,24,27,29,31,34,36,40,56,63H,8-13,15,17-19,22-23,25-26H2,1-7H3. The maximum Gasteiger partial charge on any atom is 0.410 e. The predicted octanol–water partition coefficient (Wildman–Crippen LogP) is 5.49. The molecule has 1 aromatic heterocycles. The maximum atomic E-state index is 16.2. The minimum Gasteiger partial charge on any atom is -0.492 e. The van der Waals surface area contributed by atoms with E-state index in [4.69, 9.17) is 23.7 Å². The number of carbonyl (C=O) groups excluding carboxylic acids is 6. The Labute approximate surface area is 393 Å². The third-order valence-corrected chi connectivity index (χ3v) is 15.6. The summed E-state index contributed by atoms with van der Waals surface area (Å²) in [5.41, 5.74) is -3.91. The molecule has 0 spiro atoms. The molecule has 6 aliphatic rings. The molecule has 368 valence electrons. The van der Waals surface area contributed by atoms with Gasteiger partial charge < -0.3 is 48.3 Å². The summed E-state index contributed by atoms with van der Waals surface area (Å²) in [6, 6.07) is 0.583. The van der Waals surface area contributed by atoms with Crippen LogP contribution in [-0.4, -0.2) is 119 Å². The number of methoxy groups -OCH3 is 1. The average Bonchev–Trinajstić information content (AvgIpc) is 4.08. The molecule has 5 fully saturated rings. The smallest absolute Gasteiger partial charge is 0.410 e. The molecule has 68 heavy (non-hydrogen) atoms. The number of rotatable bonds is 12. The van der Waals surface area contributed by atoms with E-state index in [9.17, 15) is 43.8 Å². The second-order valence-electron chi connectivity index (χ2n) is 20.9. The lowest BCUT2D eigenvalue weighted by Crippen LogP contribution is -2.61. The zero-order valence-corrected chi connectivity index (χ0v) is 39.8. The number of piperazine rings is 1. The van der Waals surface area contributed by atoms with E-state index in [-0.39, 0.29) is 84.9 Å². The summed E-state index contributed by atoms with van der Waals surface area (Å²) in [7, 11) is 1.37. The minimum atomic E-state index is -1.86. The molecule has 8 rings (SSSR count). The number of fused-ring (bicyclic) bond motifs is 6. The van der Waals surface area contributed by atoms with Gasteiger partial charge in [0.2, 0.25) is 18.0 Å². The highest BCUT2D eigenvalue weighted by molar-refractivity contribution is 6.01. The summed E-state index contributed by atoms with van der Waals surface area (Å²) in [6.07, 6.45) is 7.75. The first-order chi connectivity index (χ1) is 32.0. The van der Waals surface area contributed by atoms with Gasteiger partial charge >= 0.3 is 24.0 Å². The Kier molecular flexibility index (Phi) is 13.0. The molecule has 18 heteroatoms. The molecule has 2 heterocycles. The first-order valence-electron chi connectivity index (χ1n) is 23.6. The van der Waals surface area contributed by atoms with Gasteiger partial charge in [0.05, 0.1) is 37.0 Å². The molecule has 8 unspecified atom stereocenters. The van der Waals surface area contributed by atoms with Crippen molar-refractivity contribution in [2.45, 2.75) is 129 Å². The Hall–Kier alpha value is -5.62. The van der Waals surface area contributed by atoms with Gasteiger partial charge in [0, 0.05) is 54.7 Å². The van der Waals surface area contributed by atoms with E-state index < -0.39 is 101 Å². The lowest BCUT2D eigenvalue weighted by molar-refractivity contribution is -0.181. The van der Waals surface area contributed by atoms with Gasteiger partial charge in [-0.15, -0.1) is 0 Å². The Morgan fingerprint density at radius 1 is 0.971 bits per heavy atom. The number of halogens is 1. The van der Waals surface area contributed by atoms with Crippen LogP contribution in [0.1, 0.15) is 116 Å². The Morgan fingerprint density at radius 2 is 1.68 bits per heavy atom. The van der Waals surface area contributed by atoms with Gasteiger partial charge in [-0.1, -0.05) is 25.5 Å². The number of aromatic nitrogens is 1. The van der Waals surface area contributed by atoms with Crippen LogP contribution in [-0.2, 0) is 38.1 Å². The number of carbonyl (C=O) groups is 6. The molecule has 8 atom stereocenters. The van der Waals surface area contributed by atoms with Crippen LogP contribution in [0.15, 0.2) is 40.9 Å². The number of hydrogen-bond acceptors (Lipinski definition) is 15. The molecule has 1 amide bonds. The second-order valence-corrected chi connectivity index (χ2v) is 20.9. The number of pyridine rings is 1. The highest BCUT2D eigenvalue weighted by Gasteiger charge is 2.68. The predicted molar refractivity (Wildman–Crippen MR) is 242 cm³/mol. The van der Waals surface area contributed by atoms with E-state index in [0.717, 1.165) is 24.5 Å². The summed E-state index contributed by atoms with van der Waals surface area (Å²) in [5, 5.41) is 23.5. The third-order valence-electron chi connectivity index (χ3n) is 15.6. The van der Waals surface area contributed by atoms with Crippen LogP contribution >= 0.6 is 0 Å². The Morgan fingerprint density at radius 3 is 2.34 bits per heavy atom. The van der Waals surface area contributed by atoms with Crippen molar-refractivity contribution in [2.75, 3.05) is 45.0 Å². The molecule has 0 radical (unpaired) electrons. The van der Waals surface area contributed by atoms with Crippen LogP contribution < -0.4 is 15.1 Å². The summed E-state index contributed by atoms with van der Waals surface area (Å²) in [5.74, 6) is -4.69. The van der Waals surface area contributed by atoms with Crippen molar-refractivity contribution in [1.29, 1.82) is 0 Å². The molecule has 1 aromatic carbocycles. The number of amides is 1. The number of Topliss-reactive ketones (excluding diaryl/α,β-unsaturated/α-hetero) is 1. The number of anilines is 1. The van der Waals surface area contributed by atoms with Crippen LogP contribution in [0, 0.1) is 34.4 Å². The lowest BCUT2D eigenvalue weighted by Gasteiger charge is -2.59. The Bertz CT molecular complexity index is 2560. The number of esters is 3. The summed E-state index contributed by atoms with van der Waals surface area (Å²) >= 11 is 0. The summed E-state index contributed by atoms with van der Waals surface area (Å²) in [6.45, 7) is 10.1. The van der Waals surface area contributed by atoms with Crippen molar-refractivity contribution in [3.63, 3.8) is 0 Å². The Balaban J connectivity index is 0.850. The minimum absolute atomic E-state index is 0.00688. The quantitative estimate of drug-likeness (QED) is 0.153. The van der Waals surface area contributed by atoms with Crippen molar-refractivity contribution < 1.29 is 67.1 Å². The number of nitrogens with zero attached hydrogens (tertiary/aromatic N) is 3. The molecule has 17 nitrogen and oxygen atoms in total. The topological polar surface area (TPSA) is 218 Å². The number of allylic oxidation sites excluding steroid dienone is 4. The highest BCUT2D eigenvalue weighted by Crippen LogP contribution is 2.67. The summed E-state index contributed by atoms with van der Waals surface area (Å²) in [4.78, 5) is 94.5. The monoisotopic (exact) mass is 947 g/mol. The van der Waals surface area contributed by atoms with E-state index in [0.29, 0.717) is 24.8 Å². The normalized spacial score (nSPS) is 29.9. The van der Waals surface area contributed by atoms with E-state index >= 15 is 4.39 Å². The first-order valence-corrected chi connectivity index (χ1v) is 23.6. The molecule has 2 N–H and O–H groups in total. The average molecular weight is 948 g/mol. The highest BCUT2D eigenvalue weighted by atomic mass is 19.1. The van der Waals surface area contributed by atoms with Crippen molar-refractivity contribution in [3.05, 3.63) is 57.7 Å². The van der Waals surface area contributed by atoms with Crippen molar-refractivity contribution in [1.82, 2.24) is 9.47 Å². The largest absolute Gasteiger partial charge is 0.492 e. The molecule has 2 aromatic rings. The zero-order valence-electron chi connectivity index (χ0n) is 39.8. The number of ketones is 2. The number of aliphatic hydroxyl groups is 2. The SMILES string of the molecule is COc1c(N2CCN(C(=O)OC(C)(C)C)C(C)C2)c(F)cc2c(=O)c(C(=O)OCOC(=O)CCC(=O)OCC(=O)C3(O)CCC4C5CCC6=CC(=O)C=CC6(C)C5C(O)CC43C)cn(C3CC3)c12. The third kappa shape index (κ3) is 8.71. The fourth-order valence-corrected chi connectivity index (χ4v) is 12.1. The molecular weight excluding hydrogens is 886 g/mol. The molecule has 5 aliphatic carbocycles. The van der Waals surface area contributed by atoms with Crippen molar-refractivity contribution in [3.8, 4) is 5.75 Å². The van der Waals surface area contributed by atoms with E-state index in [1.165, 1.54) is 13.3 Å². The van der Waals surface area contributed by atoms with E-state index in [1.54, 1.807) is 47.3 Å². The molecule has 4 saturated carbocycles. The van der Waals surface area contributed by atoms with Crippen molar-refractivity contribution >= 4 is 52.2 Å². The van der Waals surface area contributed by atoms with E-state index in [1.807, 2.05) is 26.8 Å². The van der Waals surface area contributed by atoms with Crippen molar-refractivity contribution in [2.24, 2.45) is 28.6 Å². The molecule has 0 bridgehead atoms. The number of benzene rings is 1. The van der Waals surface area contributed by atoms with Crippen LogP contribution in [0.2, 0.25) is 0 Å². The van der Waals surface area contributed by atoms with Gasteiger partial charge in [0.15, 0.2) is 24.0 Å². The van der Waals surface area contributed by atoms with Gasteiger partial charge in [-0.25, -0.2) is 14.0 Å². The van der Waals surface area contributed by atoms with Crippen LogP contribution in [0.25, 0.3) is 10.9 Å². The zero-order chi connectivity index (χ0) is 49.2. The van der Waals surface area contributed by atoms with Gasteiger partial charge in [0.25, 0.3) is 0 Å². The summed E-state index contributed by atoms with van der Waals surface area (Å²) < 4.78 is 44.6. The molecule has 1 saturated heterocycles. The van der Waals surface area contributed by atoms with Crippen LogP contribution in [0.4, 0.5) is 14.9 Å². The molecule has 1 aliphatic heterocycles. The fourth-order valence-electron chi connectivity index (χ4n) is 12.1. The fraction of sp³-hybridized carbons (Fsp3) is 0.620. The number of hydrogen-bond donors (Lipinski definition) is 2. The van der Waals surface area contributed by atoms with Gasteiger partial charge in [0.1, 0.15) is 22.5 Å². The van der Waals surface area contributed by atoms with Gasteiger partial charge in [-0.05, 0) is 103 Å². The van der Waals surface area contributed by atoms with Gasteiger partial charge in [-0.3, -0.25) is 24.0 Å². The molecular formula is C50H62FN3O14. The van der Waals surface area contributed by atoms with Crippen LogP contribution in [0.5, 0.6) is 5.75 Å². The van der Waals surface area contributed by atoms with Gasteiger partial charge in [-0.2, -0.15) is 0 Å². The maximum absolute atomic E-state index is 16.2. The lowest BCUT2D eigenvalue weighted by atomic mass is 9.46. The first kappa shape index (κ1) is 48.8.